The summed E-state index contributed by atoms with van der Waals surface area (Å²) < 4.78 is 5.06. The Morgan fingerprint density at radius 2 is 1.86 bits per heavy atom. The van der Waals surface area contributed by atoms with Crippen LogP contribution in [0.5, 0.6) is 11.5 Å². The van der Waals surface area contributed by atoms with Crippen LogP contribution in [-0.4, -0.2) is 12.2 Å². The summed E-state index contributed by atoms with van der Waals surface area (Å²) in [7, 11) is 1.63. The van der Waals surface area contributed by atoms with Crippen LogP contribution in [-0.2, 0) is 6.42 Å². The molecule has 2 rings (SSSR count). The van der Waals surface area contributed by atoms with Crippen LogP contribution in [0.1, 0.15) is 37.8 Å². The van der Waals surface area contributed by atoms with Crippen molar-refractivity contribution in [2.75, 3.05) is 7.11 Å². The summed E-state index contributed by atoms with van der Waals surface area (Å²) in [6, 6.07) is 13.2. The molecule has 0 saturated heterocycles. The molecule has 0 unspecified atom stereocenters. The van der Waals surface area contributed by atoms with E-state index in [0.717, 1.165) is 12.2 Å². The molecular formula is C18H23ClO2. The van der Waals surface area contributed by atoms with Gasteiger partial charge in [0.1, 0.15) is 11.5 Å². The van der Waals surface area contributed by atoms with Crippen LogP contribution in [0.3, 0.4) is 0 Å². The molecule has 1 N–H and O–H groups in total. The van der Waals surface area contributed by atoms with Gasteiger partial charge in [0.15, 0.2) is 0 Å². The summed E-state index contributed by atoms with van der Waals surface area (Å²) >= 11 is 5.83. The molecule has 0 heterocycles. The van der Waals surface area contributed by atoms with Gasteiger partial charge in [0.25, 0.3) is 0 Å². The maximum Gasteiger partial charge on any atom is 0.137 e. The second kappa shape index (κ2) is 8.58. The number of phenols is 1. The second-order valence-corrected chi connectivity index (χ2v) is 5.48. The molecule has 0 amide bonds. The van der Waals surface area contributed by atoms with Crippen LogP contribution in [0.25, 0.3) is 0 Å². The summed E-state index contributed by atoms with van der Waals surface area (Å²) in [5.41, 5.74) is 2.42. The minimum Gasteiger partial charge on any atom is -0.508 e. The van der Waals surface area contributed by atoms with Crippen LogP contribution in [0.15, 0.2) is 42.5 Å². The molecule has 0 spiro atoms. The molecule has 0 fully saturated rings. The first-order chi connectivity index (χ1) is 9.97. The van der Waals surface area contributed by atoms with Crippen molar-refractivity contribution >= 4 is 11.6 Å². The number of ether oxygens (including phenoxy) is 1. The molecule has 2 aromatic rings. The summed E-state index contributed by atoms with van der Waals surface area (Å²) in [5, 5.41) is 9.73. The molecule has 0 aliphatic rings. The Hall–Kier alpha value is -1.67. The third-order valence-electron chi connectivity index (χ3n) is 3.16. The Morgan fingerprint density at radius 1 is 1.14 bits per heavy atom. The highest BCUT2D eigenvalue weighted by atomic mass is 35.5. The van der Waals surface area contributed by atoms with E-state index in [1.54, 1.807) is 19.2 Å². The van der Waals surface area contributed by atoms with E-state index in [1.807, 2.05) is 30.3 Å². The topological polar surface area (TPSA) is 29.5 Å². The Morgan fingerprint density at radius 3 is 2.33 bits per heavy atom. The van der Waals surface area contributed by atoms with Crippen LogP contribution in [0.4, 0.5) is 0 Å². The number of hydrogen-bond donors (Lipinski definition) is 1. The van der Waals surface area contributed by atoms with Gasteiger partial charge >= 0.3 is 0 Å². The van der Waals surface area contributed by atoms with Crippen molar-refractivity contribution in [2.24, 2.45) is 0 Å². The molecule has 0 atom stereocenters. The van der Waals surface area contributed by atoms with Gasteiger partial charge in [-0.1, -0.05) is 50.6 Å². The quantitative estimate of drug-likeness (QED) is 0.819. The molecule has 0 saturated carbocycles. The minimum atomic E-state index is 0.353. The third kappa shape index (κ3) is 5.68. The molecule has 0 aliphatic carbocycles. The molecule has 2 nitrogen and oxygen atoms in total. The molecule has 0 aromatic heterocycles. The van der Waals surface area contributed by atoms with Crippen LogP contribution in [0, 0.1) is 0 Å². The van der Waals surface area contributed by atoms with E-state index in [2.05, 4.69) is 20.8 Å². The molecular weight excluding hydrogens is 284 g/mol. The van der Waals surface area contributed by atoms with Crippen LogP contribution in [0.2, 0.25) is 5.02 Å². The molecule has 0 radical (unpaired) electrons. The standard InChI is InChI=1S/C9H11ClO.C9H12O/c1-3-7-4-5-8(10)9(6-7)11-2;1-7(2)8-4-3-5-9(10)6-8/h4-6H,3H2,1-2H3;3-7,10H,1-2H3. The lowest BCUT2D eigenvalue weighted by Crippen LogP contribution is -1.86. The van der Waals surface area contributed by atoms with Crippen molar-refractivity contribution in [2.45, 2.75) is 33.1 Å². The van der Waals surface area contributed by atoms with Gasteiger partial charge in [-0.05, 0) is 47.7 Å². The zero-order valence-corrected chi connectivity index (χ0v) is 13.8. The number of phenolic OH excluding ortho intramolecular Hbond substituents is 1. The van der Waals surface area contributed by atoms with Gasteiger partial charge in [0, 0.05) is 0 Å². The normalized spacial score (nSPS) is 10.0. The predicted octanol–water partition coefficient (Wildman–Crippen LogP) is 5.43. The maximum absolute atomic E-state index is 9.06. The lowest BCUT2D eigenvalue weighted by molar-refractivity contribution is 0.414. The summed E-state index contributed by atoms with van der Waals surface area (Å²) in [6.07, 6.45) is 1.01. The first-order valence-corrected chi connectivity index (χ1v) is 7.47. The number of halogens is 1. The minimum absolute atomic E-state index is 0.353. The Balaban J connectivity index is 0.000000211. The van der Waals surface area contributed by atoms with Gasteiger partial charge in [-0.25, -0.2) is 0 Å². The van der Waals surface area contributed by atoms with Gasteiger partial charge in [-0.15, -0.1) is 0 Å². The lowest BCUT2D eigenvalue weighted by atomic mass is 10.0. The van der Waals surface area contributed by atoms with E-state index in [0.29, 0.717) is 16.7 Å². The van der Waals surface area contributed by atoms with Crippen molar-refractivity contribution < 1.29 is 9.84 Å². The number of methoxy groups -OCH3 is 1. The fraction of sp³-hybridized carbons (Fsp3) is 0.333. The zero-order valence-electron chi connectivity index (χ0n) is 13.1. The van der Waals surface area contributed by atoms with Crippen LogP contribution < -0.4 is 4.74 Å². The third-order valence-corrected chi connectivity index (χ3v) is 3.47. The highest BCUT2D eigenvalue weighted by molar-refractivity contribution is 6.32. The van der Waals surface area contributed by atoms with Gasteiger partial charge < -0.3 is 9.84 Å². The van der Waals surface area contributed by atoms with Crippen molar-refractivity contribution in [1.82, 2.24) is 0 Å². The van der Waals surface area contributed by atoms with E-state index < -0.39 is 0 Å². The van der Waals surface area contributed by atoms with Crippen molar-refractivity contribution in [3.63, 3.8) is 0 Å². The van der Waals surface area contributed by atoms with E-state index >= 15 is 0 Å². The number of rotatable bonds is 3. The number of hydrogen-bond acceptors (Lipinski definition) is 2. The van der Waals surface area contributed by atoms with E-state index in [9.17, 15) is 0 Å². The molecule has 21 heavy (non-hydrogen) atoms. The van der Waals surface area contributed by atoms with Crippen molar-refractivity contribution in [3.8, 4) is 11.5 Å². The summed E-state index contributed by atoms with van der Waals surface area (Å²) in [6.45, 7) is 6.31. The molecule has 114 valence electrons. The van der Waals surface area contributed by atoms with Gasteiger partial charge in [-0.3, -0.25) is 0 Å². The SMILES string of the molecule is CC(C)c1cccc(O)c1.CCc1ccc(Cl)c(OC)c1. The maximum atomic E-state index is 9.06. The van der Waals surface area contributed by atoms with Crippen LogP contribution >= 0.6 is 11.6 Å². The number of aromatic hydroxyl groups is 1. The van der Waals surface area contributed by atoms with Crippen molar-refractivity contribution in [1.29, 1.82) is 0 Å². The largest absolute Gasteiger partial charge is 0.508 e. The average Bonchev–Trinajstić information content (AvgIpc) is 2.48. The predicted molar refractivity (Wildman–Crippen MR) is 89.6 cm³/mol. The fourth-order valence-electron chi connectivity index (χ4n) is 1.81. The molecule has 0 bridgehead atoms. The first kappa shape index (κ1) is 17.4. The van der Waals surface area contributed by atoms with Crippen molar-refractivity contribution in [3.05, 3.63) is 58.6 Å². The number of benzene rings is 2. The lowest BCUT2D eigenvalue weighted by Gasteiger charge is -2.03. The monoisotopic (exact) mass is 306 g/mol. The Labute approximate surface area is 132 Å². The Bertz CT molecular complexity index is 565. The highest BCUT2D eigenvalue weighted by Gasteiger charge is 1.99. The second-order valence-electron chi connectivity index (χ2n) is 5.07. The fourth-order valence-corrected chi connectivity index (χ4v) is 2.00. The van der Waals surface area contributed by atoms with E-state index in [1.165, 1.54) is 11.1 Å². The van der Waals surface area contributed by atoms with E-state index in [-0.39, 0.29) is 0 Å². The summed E-state index contributed by atoms with van der Waals surface area (Å²) in [4.78, 5) is 0. The van der Waals surface area contributed by atoms with Gasteiger partial charge in [0.05, 0.1) is 12.1 Å². The Kier molecular flexibility index (Phi) is 7.10. The smallest absolute Gasteiger partial charge is 0.137 e. The zero-order chi connectivity index (χ0) is 15.8. The average molecular weight is 307 g/mol. The highest BCUT2D eigenvalue weighted by Crippen LogP contribution is 2.24. The number of aryl methyl sites for hydroxylation is 1. The first-order valence-electron chi connectivity index (χ1n) is 7.09. The summed E-state index contributed by atoms with van der Waals surface area (Å²) in [5.74, 6) is 1.60. The van der Waals surface area contributed by atoms with Gasteiger partial charge in [0.2, 0.25) is 0 Å². The van der Waals surface area contributed by atoms with E-state index in [4.69, 9.17) is 21.4 Å². The molecule has 3 heteroatoms. The van der Waals surface area contributed by atoms with Gasteiger partial charge in [-0.2, -0.15) is 0 Å². The molecule has 0 aliphatic heterocycles. The molecule has 2 aromatic carbocycles.